The van der Waals surface area contributed by atoms with Crippen molar-refractivity contribution in [1.29, 1.82) is 0 Å². The summed E-state index contributed by atoms with van der Waals surface area (Å²) in [7, 11) is 0. The molecule has 0 saturated heterocycles. The summed E-state index contributed by atoms with van der Waals surface area (Å²) in [5.74, 6) is 0. The van der Waals surface area contributed by atoms with Gasteiger partial charge in [-0.1, -0.05) is 0 Å². The second-order valence-electron chi connectivity index (χ2n) is 12.1. The number of halogens is 2. The number of hydrogen-bond donors (Lipinski definition) is 0. The third-order valence-electron chi connectivity index (χ3n) is 7.67. The van der Waals surface area contributed by atoms with Crippen LogP contribution in [0.5, 0.6) is 0 Å². The van der Waals surface area contributed by atoms with Crippen LogP contribution in [0.3, 0.4) is 0 Å². The molecule has 3 aliphatic carbocycles. The number of hydrogen-bond acceptors (Lipinski definition) is 0. The molecule has 5 rings (SSSR count). The van der Waals surface area contributed by atoms with Gasteiger partial charge >= 0.3 is 204 Å². The third-order valence-corrected chi connectivity index (χ3v) is 15.5. The van der Waals surface area contributed by atoms with Gasteiger partial charge in [0.15, 0.2) is 0 Å². The first-order chi connectivity index (χ1) is 15.1. The van der Waals surface area contributed by atoms with Crippen LogP contribution >= 0.6 is 0 Å². The van der Waals surface area contributed by atoms with E-state index in [0.29, 0.717) is 0 Å². The van der Waals surface area contributed by atoms with E-state index in [1.54, 1.807) is 14.4 Å². The summed E-state index contributed by atoms with van der Waals surface area (Å²) in [5, 5.41) is 0. The van der Waals surface area contributed by atoms with E-state index >= 15 is 0 Å². The Hall–Kier alpha value is -0.367. The van der Waals surface area contributed by atoms with Crippen LogP contribution in [-0.4, -0.2) is 3.21 Å². The topological polar surface area (TPSA) is 0 Å². The summed E-state index contributed by atoms with van der Waals surface area (Å²) in [5.41, 5.74) is 9.63. The molecule has 0 heterocycles. The quantitative estimate of drug-likeness (QED) is 0.393. The largest absolute Gasteiger partial charge is 1.00 e. The van der Waals surface area contributed by atoms with Gasteiger partial charge in [-0.15, -0.1) is 0 Å². The molecule has 2 aromatic rings. The Labute approximate surface area is 236 Å². The van der Waals surface area contributed by atoms with Crippen molar-refractivity contribution in [3.05, 3.63) is 74.1 Å². The van der Waals surface area contributed by atoms with Gasteiger partial charge in [0.05, 0.1) is 0 Å². The normalized spacial score (nSPS) is 16.3. The summed E-state index contributed by atoms with van der Waals surface area (Å²) in [6.45, 7) is 14.2. The number of rotatable bonds is 2. The second kappa shape index (κ2) is 10.6. The Balaban J connectivity index is 0.00000162. The maximum Gasteiger partial charge on any atom is -1.00 e. The zero-order chi connectivity index (χ0) is 22.7. The predicted molar refractivity (Wildman–Crippen MR) is 137 cm³/mol. The van der Waals surface area contributed by atoms with E-state index in [0.717, 1.165) is 6.42 Å². The average molecular weight is 662 g/mol. The molecule has 0 nitrogen and oxygen atoms in total. The molecule has 0 radical (unpaired) electrons. The van der Waals surface area contributed by atoms with Crippen molar-refractivity contribution in [2.45, 2.75) is 90.9 Å². The zero-order valence-electron chi connectivity index (χ0n) is 21.6. The van der Waals surface area contributed by atoms with Gasteiger partial charge in [0.1, 0.15) is 0 Å². The molecule has 0 amide bonds. The van der Waals surface area contributed by atoms with E-state index in [2.05, 4.69) is 90.1 Å². The minimum Gasteiger partial charge on any atom is -1.00 e. The monoisotopic (exact) mass is 658 g/mol. The molecule has 0 bridgehead atoms. The molecule has 3 aliphatic rings. The van der Waals surface area contributed by atoms with E-state index in [9.17, 15) is 0 Å². The molecular formula is C31H38Br2Zr. The van der Waals surface area contributed by atoms with Gasteiger partial charge in [-0.3, -0.25) is 0 Å². The number of allylic oxidation sites excluding steroid dienone is 4. The van der Waals surface area contributed by atoms with Crippen molar-refractivity contribution in [1.82, 2.24) is 0 Å². The summed E-state index contributed by atoms with van der Waals surface area (Å²) in [4.78, 5) is 0. The molecule has 1 fully saturated rings. The molecule has 0 aromatic heterocycles. The van der Waals surface area contributed by atoms with E-state index in [4.69, 9.17) is 0 Å². The zero-order valence-corrected chi connectivity index (χ0v) is 27.2. The van der Waals surface area contributed by atoms with Crippen LogP contribution < -0.4 is 37.2 Å². The van der Waals surface area contributed by atoms with Crippen molar-refractivity contribution in [3.8, 4) is 11.1 Å². The van der Waals surface area contributed by atoms with E-state index < -0.39 is 21.3 Å². The fraction of sp³-hybridized carbons (Fsp3) is 0.452. The second-order valence-corrected chi connectivity index (χ2v) is 18.6. The van der Waals surface area contributed by atoms with Crippen LogP contribution in [0.25, 0.3) is 11.1 Å². The van der Waals surface area contributed by atoms with Gasteiger partial charge in [-0.2, -0.15) is 0 Å². The molecule has 0 spiro atoms. The first-order valence-corrected chi connectivity index (χ1v) is 16.2. The third kappa shape index (κ3) is 5.33. The average Bonchev–Trinajstić information content (AvgIpc) is 3.48. The Bertz CT molecular complexity index is 1180. The van der Waals surface area contributed by atoms with Crippen LogP contribution in [0.1, 0.15) is 95.9 Å². The Kier molecular flexibility index (Phi) is 8.75. The first-order valence-electron chi connectivity index (χ1n) is 12.5. The molecular weight excluding hydrogens is 623 g/mol. The molecule has 0 N–H and O–H groups in total. The smallest absolute Gasteiger partial charge is 1.00 e. The van der Waals surface area contributed by atoms with Crippen molar-refractivity contribution in [2.24, 2.45) is 0 Å². The van der Waals surface area contributed by atoms with Gasteiger partial charge in [-0.05, 0) is 0 Å². The summed E-state index contributed by atoms with van der Waals surface area (Å²) in [6, 6.07) is 12.6. The van der Waals surface area contributed by atoms with Crippen LogP contribution in [0.2, 0.25) is 0 Å². The Morgan fingerprint density at radius 2 is 1.41 bits per heavy atom. The maximum absolute atomic E-state index is 2.68. The summed E-state index contributed by atoms with van der Waals surface area (Å²) >= 11 is -2.05. The van der Waals surface area contributed by atoms with E-state index in [1.807, 2.05) is 6.49 Å². The van der Waals surface area contributed by atoms with Crippen molar-refractivity contribution in [2.75, 3.05) is 0 Å². The standard InChI is InChI=1S/C21H25.C5H8.C5H5.2BrH.Zr/c1-20(2,3)16-9-7-14-11-15-8-10-17(21(4,5)6)13-19(15)18(14)12-16;2*1-2-4-5-3-1;;;/h7,9-10,12-13H,11H2,1-6H3;1-4H2;1-3H,4H2;2*1H;/q;;;;;+2/p-2. The fourth-order valence-corrected chi connectivity index (χ4v) is 14.1. The van der Waals surface area contributed by atoms with Crippen LogP contribution in [0.15, 0.2) is 51.8 Å². The molecule has 2 aromatic carbocycles. The van der Waals surface area contributed by atoms with Gasteiger partial charge in [0, 0.05) is 0 Å². The van der Waals surface area contributed by atoms with Gasteiger partial charge < -0.3 is 34.0 Å². The number of benzene rings is 2. The van der Waals surface area contributed by atoms with E-state index in [-0.39, 0.29) is 44.8 Å². The van der Waals surface area contributed by atoms with Gasteiger partial charge in [0.25, 0.3) is 0 Å². The van der Waals surface area contributed by atoms with Crippen LogP contribution in [0, 0.1) is 0 Å². The molecule has 180 valence electrons. The van der Waals surface area contributed by atoms with Gasteiger partial charge in [-0.25, -0.2) is 0 Å². The van der Waals surface area contributed by atoms with Gasteiger partial charge in [0.2, 0.25) is 0 Å². The first kappa shape index (κ1) is 28.2. The van der Waals surface area contributed by atoms with Crippen molar-refractivity contribution in [3.63, 3.8) is 0 Å². The SMILES string of the molecule is CC(C)(C)c1ccc2c(c1)-c1cc(C(C)(C)C)c[c]([Zr+2]([C]3=CC=CC3)=[C]3CCCC3)c1C2.[Br-].[Br-]. The maximum atomic E-state index is 2.68. The minimum absolute atomic E-state index is 0. The minimum atomic E-state index is -2.05. The Morgan fingerprint density at radius 3 is 2.00 bits per heavy atom. The number of fused-ring (bicyclic) bond motifs is 3. The van der Waals surface area contributed by atoms with Crippen molar-refractivity contribution >= 4 is 6.48 Å². The summed E-state index contributed by atoms with van der Waals surface area (Å²) in [6.07, 6.45) is 15.2. The van der Waals surface area contributed by atoms with E-state index in [1.165, 1.54) is 54.4 Å². The van der Waals surface area contributed by atoms with Crippen molar-refractivity contribution < 1.29 is 55.2 Å². The summed E-state index contributed by atoms with van der Waals surface area (Å²) < 4.78 is 5.58. The molecule has 0 atom stereocenters. The molecule has 34 heavy (non-hydrogen) atoms. The Morgan fingerprint density at radius 1 is 0.765 bits per heavy atom. The van der Waals surface area contributed by atoms with Crippen LogP contribution in [0.4, 0.5) is 0 Å². The molecule has 0 aliphatic heterocycles. The molecule has 0 unspecified atom stereocenters. The molecule has 1 saturated carbocycles. The van der Waals surface area contributed by atoms with Crippen LogP contribution in [-0.2, 0) is 38.5 Å². The predicted octanol–water partition coefficient (Wildman–Crippen LogP) is 1.69. The fourth-order valence-electron chi connectivity index (χ4n) is 5.67. The molecule has 3 heteroatoms.